The van der Waals surface area contributed by atoms with Crippen LogP contribution in [0.25, 0.3) is 0 Å². The Hall–Kier alpha value is -2.06. The van der Waals surface area contributed by atoms with Crippen molar-refractivity contribution in [1.29, 1.82) is 0 Å². The number of nitrogens with zero attached hydrogens (tertiary/aromatic N) is 6. The topological polar surface area (TPSA) is 80.4 Å². The number of aromatic nitrogens is 4. The molecule has 3 rings (SSSR count). The number of methoxy groups -OCH3 is 1. The Bertz CT molecular complexity index is 652. The molecule has 0 amide bonds. The summed E-state index contributed by atoms with van der Waals surface area (Å²) >= 11 is 0. The van der Waals surface area contributed by atoms with Gasteiger partial charge in [-0.15, -0.1) is 0 Å². The minimum atomic E-state index is 0.338. The molecule has 0 aliphatic carbocycles. The molecule has 0 bridgehead atoms. The van der Waals surface area contributed by atoms with Gasteiger partial charge in [0.1, 0.15) is 18.2 Å². The van der Waals surface area contributed by atoms with Gasteiger partial charge in [0.15, 0.2) is 5.82 Å². The Morgan fingerprint density at radius 2 is 2.00 bits per heavy atom. The van der Waals surface area contributed by atoms with Gasteiger partial charge in [0.25, 0.3) is 0 Å². The third-order valence-electron chi connectivity index (χ3n) is 4.01. The summed E-state index contributed by atoms with van der Waals surface area (Å²) in [5.74, 6) is 3.47. The smallest absolute Gasteiger partial charge is 0.240 e. The highest BCUT2D eigenvalue weighted by atomic mass is 16.5. The molecular weight excluding hydrogens is 308 g/mol. The van der Waals surface area contributed by atoms with Crippen LogP contribution in [0.2, 0.25) is 0 Å². The van der Waals surface area contributed by atoms with Crippen LogP contribution in [0.15, 0.2) is 16.8 Å². The molecule has 2 aromatic rings. The zero-order chi connectivity index (χ0) is 16.9. The summed E-state index contributed by atoms with van der Waals surface area (Å²) in [4.78, 5) is 17.9. The molecule has 1 aliphatic rings. The number of hydrogen-bond acceptors (Lipinski definition) is 8. The summed E-state index contributed by atoms with van der Waals surface area (Å²) in [6.45, 7) is 8.99. The Kier molecular flexibility index (Phi) is 5.37. The number of rotatable bonds is 6. The first-order chi connectivity index (χ1) is 11.7. The Morgan fingerprint density at radius 3 is 2.71 bits per heavy atom. The lowest BCUT2D eigenvalue weighted by Crippen LogP contribution is -2.46. The first-order valence-electron chi connectivity index (χ1n) is 8.26. The molecule has 0 aromatic carbocycles. The van der Waals surface area contributed by atoms with E-state index in [0.29, 0.717) is 30.8 Å². The van der Waals surface area contributed by atoms with Crippen molar-refractivity contribution < 1.29 is 9.26 Å². The summed E-state index contributed by atoms with van der Waals surface area (Å²) in [6, 6.07) is 1.98. The number of ether oxygens (including phenoxy) is 1. The van der Waals surface area contributed by atoms with Crippen LogP contribution in [0.5, 0.6) is 0 Å². The van der Waals surface area contributed by atoms with Crippen LogP contribution < -0.4 is 4.90 Å². The van der Waals surface area contributed by atoms with Crippen LogP contribution in [0.4, 0.5) is 5.82 Å². The molecule has 0 spiro atoms. The lowest BCUT2D eigenvalue weighted by Gasteiger charge is -2.34. The van der Waals surface area contributed by atoms with Crippen molar-refractivity contribution in [2.45, 2.75) is 32.9 Å². The van der Waals surface area contributed by atoms with Crippen molar-refractivity contribution >= 4 is 5.82 Å². The van der Waals surface area contributed by atoms with E-state index in [1.807, 2.05) is 12.3 Å². The van der Waals surface area contributed by atoms with E-state index in [2.05, 4.69) is 43.8 Å². The molecule has 0 N–H and O–H groups in total. The molecule has 0 radical (unpaired) electrons. The normalized spacial score (nSPS) is 16.1. The summed E-state index contributed by atoms with van der Waals surface area (Å²) in [5.41, 5.74) is 0. The van der Waals surface area contributed by atoms with E-state index in [4.69, 9.17) is 9.26 Å². The van der Waals surface area contributed by atoms with Crippen LogP contribution in [0.3, 0.4) is 0 Å². The molecule has 1 aliphatic heterocycles. The van der Waals surface area contributed by atoms with Crippen molar-refractivity contribution in [3.63, 3.8) is 0 Å². The van der Waals surface area contributed by atoms with Gasteiger partial charge in [-0.1, -0.05) is 19.0 Å². The Morgan fingerprint density at radius 1 is 1.21 bits per heavy atom. The highest BCUT2D eigenvalue weighted by Gasteiger charge is 2.20. The van der Waals surface area contributed by atoms with Gasteiger partial charge in [-0.25, -0.2) is 9.97 Å². The van der Waals surface area contributed by atoms with Crippen molar-refractivity contribution in [3.8, 4) is 0 Å². The standard InChI is InChI=1S/C16H24N6O2/c1-12(2)16-17-5-4-14(19-16)22-8-6-21(7-9-22)10-15-18-13(11-23-3)20-24-15/h4-5,12H,6-11H2,1-3H3. The van der Waals surface area contributed by atoms with Gasteiger partial charge in [0.05, 0.1) is 6.54 Å². The second kappa shape index (κ2) is 7.67. The second-order valence-corrected chi connectivity index (χ2v) is 6.23. The molecule has 0 saturated carbocycles. The fourth-order valence-electron chi connectivity index (χ4n) is 2.69. The quantitative estimate of drug-likeness (QED) is 0.786. The molecule has 24 heavy (non-hydrogen) atoms. The average Bonchev–Trinajstić information content (AvgIpc) is 3.03. The maximum Gasteiger partial charge on any atom is 0.240 e. The van der Waals surface area contributed by atoms with Crippen molar-refractivity contribution in [1.82, 2.24) is 25.0 Å². The largest absolute Gasteiger partial charge is 0.377 e. The first kappa shape index (κ1) is 16.8. The van der Waals surface area contributed by atoms with Gasteiger partial charge in [0.2, 0.25) is 5.89 Å². The minimum Gasteiger partial charge on any atom is -0.377 e. The third-order valence-corrected chi connectivity index (χ3v) is 4.01. The highest BCUT2D eigenvalue weighted by molar-refractivity contribution is 5.38. The van der Waals surface area contributed by atoms with Crippen LogP contribution in [-0.2, 0) is 17.9 Å². The third kappa shape index (κ3) is 4.07. The van der Waals surface area contributed by atoms with Crippen LogP contribution in [0.1, 0.15) is 37.3 Å². The predicted molar refractivity (Wildman–Crippen MR) is 88.6 cm³/mol. The lowest BCUT2D eigenvalue weighted by atomic mass is 10.2. The Labute approximate surface area is 141 Å². The molecule has 0 atom stereocenters. The molecular formula is C16H24N6O2. The maximum atomic E-state index is 5.26. The van der Waals surface area contributed by atoms with E-state index in [-0.39, 0.29) is 0 Å². The van der Waals surface area contributed by atoms with E-state index < -0.39 is 0 Å². The average molecular weight is 332 g/mol. The molecule has 1 saturated heterocycles. The summed E-state index contributed by atoms with van der Waals surface area (Å²) in [5, 5.41) is 3.89. The van der Waals surface area contributed by atoms with Crippen molar-refractivity contribution in [3.05, 3.63) is 29.8 Å². The molecule has 0 unspecified atom stereocenters. The summed E-state index contributed by atoms with van der Waals surface area (Å²) < 4.78 is 10.3. The SMILES string of the molecule is COCc1noc(CN2CCN(c3ccnc(C(C)C)n3)CC2)n1. The maximum absolute atomic E-state index is 5.26. The minimum absolute atomic E-state index is 0.338. The molecule has 2 aromatic heterocycles. The number of anilines is 1. The zero-order valence-electron chi connectivity index (χ0n) is 14.5. The molecule has 3 heterocycles. The van der Waals surface area contributed by atoms with Crippen molar-refractivity contribution in [2.75, 3.05) is 38.2 Å². The van der Waals surface area contributed by atoms with Gasteiger partial charge in [-0.2, -0.15) is 4.98 Å². The summed E-state index contributed by atoms with van der Waals surface area (Å²) in [7, 11) is 1.62. The van der Waals surface area contributed by atoms with E-state index >= 15 is 0 Å². The van der Waals surface area contributed by atoms with Crippen LogP contribution in [-0.4, -0.2) is 58.3 Å². The van der Waals surface area contributed by atoms with Gasteiger partial charge in [-0.3, -0.25) is 4.90 Å². The van der Waals surface area contributed by atoms with Gasteiger partial charge in [-0.05, 0) is 6.07 Å². The predicted octanol–water partition coefficient (Wildman–Crippen LogP) is 1.45. The molecule has 130 valence electrons. The summed E-state index contributed by atoms with van der Waals surface area (Å²) in [6.07, 6.45) is 1.85. The van der Waals surface area contributed by atoms with Gasteiger partial charge < -0.3 is 14.2 Å². The number of piperazine rings is 1. The molecule has 8 nitrogen and oxygen atoms in total. The van der Waals surface area contributed by atoms with Gasteiger partial charge in [0, 0.05) is 45.4 Å². The monoisotopic (exact) mass is 332 g/mol. The van der Waals surface area contributed by atoms with Crippen LogP contribution >= 0.6 is 0 Å². The van der Waals surface area contributed by atoms with E-state index in [1.165, 1.54) is 0 Å². The van der Waals surface area contributed by atoms with Crippen molar-refractivity contribution in [2.24, 2.45) is 0 Å². The number of hydrogen-bond donors (Lipinski definition) is 0. The zero-order valence-corrected chi connectivity index (χ0v) is 14.5. The fourth-order valence-corrected chi connectivity index (χ4v) is 2.69. The fraction of sp³-hybridized carbons (Fsp3) is 0.625. The van der Waals surface area contributed by atoms with E-state index in [1.54, 1.807) is 7.11 Å². The molecule has 1 fully saturated rings. The second-order valence-electron chi connectivity index (χ2n) is 6.23. The first-order valence-corrected chi connectivity index (χ1v) is 8.26. The lowest BCUT2D eigenvalue weighted by molar-refractivity contribution is 0.174. The van der Waals surface area contributed by atoms with E-state index in [0.717, 1.165) is 37.8 Å². The highest BCUT2D eigenvalue weighted by Crippen LogP contribution is 2.17. The Balaban J connectivity index is 1.54. The molecule has 8 heteroatoms. The van der Waals surface area contributed by atoms with Gasteiger partial charge >= 0.3 is 0 Å². The van der Waals surface area contributed by atoms with E-state index in [9.17, 15) is 0 Å². The van der Waals surface area contributed by atoms with Crippen LogP contribution in [0, 0.1) is 0 Å².